The summed E-state index contributed by atoms with van der Waals surface area (Å²) >= 11 is 4.96. The minimum absolute atomic E-state index is 0.650. The predicted molar refractivity (Wildman–Crippen MR) is 51.3 cm³/mol. The molecule has 2 nitrogen and oxygen atoms in total. The molecule has 1 heterocycles. The second-order valence-electron chi connectivity index (χ2n) is 2.38. The summed E-state index contributed by atoms with van der Waals surface area (Å²) in [4.78, 5) is 0. The first-order valence-corrected chi connectivity index (χ1v) is 4.41. The average Bonchev–Trinajstić information content (AvgIpc) is 2.53. The van der Waals surface area contributed by atoms with Crippen LogP contribution in [-0.4, -0.2) is 11.7 Å². The van der Waals surface area contributed by atoms with Crippen molar-refractivity contribution in [2.75, 3.05) is 6.61 Å². The van der Waals surface area contributed by atoms with Crippen molar-refractivity contribution >= 4 is 17.3 Å². The van der Waals surface area contributed by atoms with E-state index in [0.717, 1.165) is 18.6 Å². The molecule has 1 aromatic rings. The Bertz CT molecular complexity index is 229. The van der Waals surface area contributed by atoms with Gasteiger partial charge in [-0.2, -0.15) is 0 Å². The maximum absolute atomic E-state index is 5.15. The standard InChI is InChI=1S/C9H12O2S/c1-2-10-9(12)6-5-8-4-3-7-11-8/h3-4,7H,2,5-6H2,1H3. The molecule has 0 amide bonds. The van der Waals surface area contributed by atoms with Crippen molar-refractivity contribution in [3.05, 3.63) is 24.2 Å². The van der Waals surface area contributed by atoms with Crippen LogP contribution in [0, 0.1) is 0 Å². The highest BCUT2D eigenvalue weighted by molar-refractivity contribution is 7.80. The van der Waals surface area contributed by atoms with Gasteiger partial charge in [-0.3, -0.25) is 0 Å². The van der Waals surface area contributed by atoms with Gasteiger partial charge in [0.1, 0.15) is 5.76 Å². The first-order chi connectivity index (χ1) is 5.83. The van der Waals surface area contributed by atoms with Crippen molar-refractivity contribution in [1.29, 1.82) is 0 Å². The molecular formula is C9H12O2S. The highest BCUT2D eigenvalue weighted by Crippen LogP contribution is 2.04. The average molecular weight is 184 g/mol. The molecule has 12 heavy (non-hydrogen) atoms. The van der Waals surface area contributed by atoms with Gasteiger partial charge in [0.25, 0.3) is 0 Å². The third-order valence-corrected chi connectivity index (χ3v) is 1.78. The zero-order valence-corrected chi connectivity index (χ0v) is 7.89. The Labute approximate surface area is 77.5 Å². The van der Waals surface area contributed by atoms with E-state index < -0.39 is 0 Å². The molecule has 0 aliphatic rings. The summed E-state index contributed by atoms with van der Waals surface area (Å²) in [7, 11) is 0. The van der Waals surface area contributed by atoms with Gasteiger partial charge in [-0.05, 0) is 31.3 Å². The number of thiocarbonyl (C=S) groups is 1. The molecule has 0 radical (unpaired) electrons. The van der Waals surface area contributed by atoms with Gasteiger partial charge in [-0.15, -0.1) is 0 Å². The summed E-state index contributed by atoms with van der Waals surface area (Å²) in [6.45, 7) is 2.58. The Balaban J connectivity index is 2.22. The monoisotopic (exact) mass is 184 g/mol. The smallest absolute Gasteiger partial charge is 0.160 e. The molecule has 0 N–H and O–H groups in total. The van der Waals surface area contributed by atoms with E-state index in [4.69, 9.17) is 21.4 Å². The molecule has 66 valence electrons. The highest BCUT2D eigenvalue weighted by atomic mass is 32.1. The Morgan fingerprint density at radius 3 is 3.08 bits per heavy atom. The largest absolute Gasteiger partial charge is 0.487 e. The Morgan fingerprint density at radius 2 is 2.50 bits per heavy atom. The SMILES string of the molecule is CCOC(=S)CCc1ccco1. The van der Waals surface area contributed by atoms with E-state index in [0.29, 0.717) is 11.7 Å². The lowest BCUT2D eigenvalue weighted by molar-refractivity contribution is 0.325. The van der Waals surface area contributed by atoms with Crippen LogP contribution in [0.5, 0.6) is 0 Å². The molecule has 0 saturated heterocycles. The lowest BCUT2D eigenvalue weighted by Crippen LogP contribution is -2.02. The predicted octanol–water partition coefficient (Wildman–Crippen LogP) is 2.58. The first-order valence-electron chi connectivity index (χ1n) is 4.01. The topological polar surface area (TPSA) is 22.4 Å². The normalized spacial score (nSPS) is 9.75. The van der Waals surface area contributed by atoms with Crippen molar-refractivity contribution in [1.82, 2.24) is 0 Å². The molecule has 1 rings (SSSR count). The molecule has 0 aliphatic heterocycles. The lowest BCUT2D eigenvalue weighted by atomic mass is 10.2. The van der Waals surface area contributed by atoms with E-state index in [1.807, 2.05) is 19.1 Å². The lowest BCUT2D eigenvalue weighted by Gasteiger charge is -2.02. The van der Waals surface area contributed by atoms with Crippen molar-refractivity contribution in [2.24, 2.45) is 0 Å². The second-order valence-corrected chi connectivity index (χ2v) is 2.84. The number of furan rings is 1. The molecule has 0 unspecified atom stereocenters. The minimum Gasteiger partial charge on any atom is -0.487 e. The third-order valence-electron chi connectivity index (χ3n) is 1.46. The van der Waals surface area contributed by atoms with Gasteiger partial charge in [0, 0.05) is 12.8 Å². The summed E-state index contributed by atoms with van der Waals surface area (Å²) in [5.41, 5.74) is 0. The Kier molecular flexibility index (Phi) is 3.80. The number of hydrogen-bond donors (Lipinski definition) is 0. The number of ether oxygens (including phenoxy) is 1. The molecule has 0 fully saturated rings. The first kappa shape index (κ1) is 9.26. The van der Waals surface area contributed by atoms with Crippen LogP contribution in [0.3, 0.4) is 0 Å². The van der Waals surface area contributed by atoms with Crippen LogP contribution < -0.4 is 0 Å². The minimum atomic E-state index is 0.650. The van der Waals surface area contributed by atoms with Crippen molar-refractivity contribution < 1.29 is 9.15 Å². The van der Waals surface area contributed by atoms with E-state index in [1.54, 1.807) is 6.26 Å². The molecule has 0 atom stereocenters. The van der Waals surface area contributed by atoms with Crippen LogP contribution in [0.15, 0.2) is 22.8 Å². The summed E-state index contributed by atoms with van der Waals surface area (Å²) in [5, 5.41) is 0.661. The molecule has 0 aromatic carbocycles. The van der Waals surface area contributed by atoms with Gasteiger partial charge < -0.3 is 9.15 Å². The molecule has 0 bridgehead atoms. The molecular weight excluding hydrogens is 172 g/mol. The van der Waals surface area contributed by atoms with Gasteiger partial charge in [-0.1, -0.05) is 0 Å². The summed E-state index contributed by atoms with van der Waals surface area (Å²) in [5.74, 6) is 0.956. The number of hydrogen-bond acceptors (Lipinski definition) is 3. The molecule has 3 heteroatoms. The molecule has 0 aliphatic carbocycles. The van der Waals surface area contributed by atoms with Gasteiger partial charge in [0.15, 0.2) is 5.05 Å². The molecule has 0 spiro atoms. The van der Waals surface area contributed by atoms with Crippen molar-refractivity contribution in [3.8, 4) is 0 Å². The maximum atomic E-state index is 5.15. The van der Waals surface area contributed by atoms with Crippen LogP contribution in [-0.2, 0) is 11.2 Å². The quantitative estimate of drug-likeness (QED) is 0.671. The van der Waals surface area contributed by atoms with Gasteiger partial charge in [-0.25, -0.2) is 0 Å². The van der Waals surface area contributed by atoms with Crippen LogP contribution in [0.2, 0.25) is 0 Å². The number of rotatable bonds is 4. The summed E-state index contributed by atoms with van der Waals surface area (Å²) < 4.78 is 10.3. The fourth-order valence-corrected chi connectivity index (χ4v) is 1.13. The molecule has 0 saturated carbocycles. The van der Waals surface area contributed by atoms with Gasteiger partial charge in [0.05, 0.1) is 12.9 Å². The second kappa shape index (κ2) is 4.93. The van der Waals surface area contributed by atoms with E-state index >= 15 is 0 Å². The van der Waals surface area contributed by atoms with Gasteiger partial charge >= 0.3 is 0 Å². The third kappa shape index (κ3) is 3.05. The van der Waals surface area contributed by atoms with Crippen molar-refractivity contribution in [3.63, 3.8) is 0 Å². The Morgan fingerprint density at radius 1 is 1.67 bits per heavy atom. The van der Waals surface area contributed by atoms with Crippen LogP contribution in [0.4, 0.5) is 0 Å². The van der Waals surface area contributed by atoms with Crippen molar-refractivity contribution in [2.45, 2.75) is 19.8 Å². The zero-order chi connectivity index (χ0) is 8.81. The Hall–Kier alpha value is -0.830. The van der Waals surface area contributed by atoms with Crippen LogP contribution in [0.1, 0.15) is 19.1 Å². The molecule has 1 aromatic heterocycles. The fourth-order valence-electron chi connectivity index (χ4n) is 0.913. The van der Waals surface area contributed by atoms with Crippen LogP contribution >= 0.6 is 12.2 Å². The highest BCUT2D eigenvalue weighted by Gasteiger charge is 1.99. The van der Waals surface area contributed by atoms with Crippen LogP contribution in [0.25, 0.3) is 0 Å². The maximum Gasteiger partial charge on any atom is 0.160 e. The fraction of sp³-hybridized carbons (Fsp3) is 0.444. The van der Waals surface area contributed by atoms with Gasteiger partial charge in [0.2, 0.25) is 0 Å². The zero-order valence-electron chi connectivity index (χ0n) is 7.08. The van der Waals surface area contributed by atoms with E-state index in [-0.39, 0.29) is 0 Å². The summed E-state index contributed by atoms with van der Waals surface area (Å²) in [6, 6.07) is 3.81. The number of aryl methyl sites for hydroxylation is 1. The van der Waals surface area contributed by atoms with E-state index in [9.17, 15) is 0 Å². The van der Waals surface area contributed by atoms with E-state index in [2.05, 4.69) is 0 Å². The van der Waals surface area contributed by atoms with E-state index in [1.165, 1.54) is 0 Å². The summed E-state index contributed by atoms with van der Waals surface area (Å²) in [6.07, 6.45) is 3.25.